The summed E-state index contributed by atoms with van der Waals surface area (Å²) in [6.45, 7) is 7.44. The number of phenolic OH excluding ortho intramolecular Hbond substituents is 1. The number of amides is 2. The maximum absolute atomic E-state index is 13.3. The minimum atomic E-state index is -1.15. The molecule has 2 aromatic carbocycles. The predicted octanol–water partition coefficient (Wildman–Crippen LogP) is 2.60. The highest BCUT2D eigenvalue weighted by atomic mass is 16.3. The Balaban J connectivity index is 2.18. The van der Waals surface area contributed by atoms with Crippen LogP contribution < -0.4 is 11.5 Å². The van der Waals surface area contributed by atoms with Gasteiger partial charge in [-0.05, 0) is 81.3 Å². The molecule has 6 heteroatoms. The quantitative estimate of drug-likeness (QED) is 0.589. The van der Waals surface area contributed by atoms with Gasteiger partial charge in [0.1, 0.15) is 11.3 Å². The van der Waals surface area contributed by atoms with E-state index in [2.05, 4.69) is 0 Å². The molecular weight excluding hydrogens is 378 g/mol. The van der Waals surface area contributed by atoms with Gasteiger partial charge in [-0.2, -0.15) is 0 Å². The van der Waals surface area contributed by atoms with Crippen molar-refractivity contribution in [2.24, 2.45) is 11.5 Å². The molecule has 0 heterocycles. The molecule has 0 fully saturated rings. The van der Waals surface area contributed by atoms with Gasteiger partial charge in [0.15, 0.2) is 0 Å². The Morgan fingerprint density at radius 3 is 2.20 bits per heavy atom. The van der Waals surface area contributed by atoms with Gasteiger partial charge in [-0.3, -0.25) is 9.59 Å². The smallest absolute Gasteiger partial charge is 0.242 e. The molecule has 0 unspecified atom stereocenters. The van der Waals surface area contributed by atoms with E-state index in [1.54, 1.807) is 26.0 Å². The summed E-state index contributed by atoms with van der Waals surface area (Å²) in [5, 5.41) is 9.75. The van der Waals surface area contributed by atoms with Crippen molar-refractivity contribution in [3.8, 4) is 5.75 Å². The van der Waals surface area contributed by atoms with E-state index in [9.17, 15) is 14.7 Å². The van der Waals surface area contributed by atoms with Crippen LogP contribution in [-0.4, -0.2) is 39.9 Å². The molecule has 30 heavy (non-hydrogen) atoms. The molecule has 0 aliphatic rings. The highest BCUT2D eigenvalue weighted by molar-refractivity contribution is 5.91. The van der Waals surface area contributed by atoms with Crippen molar-refractivity contribution in [1.29, 1.82) is 0 Å². The number of benzene rings is 2. The van der Waals surface area contributed by atoms with Crippen molar-refractivity contribution in [3.63, 3.8) is 0 Å². The molecule has 5 N–H and O–H groups in total. The predicted molar refractivity (Wildman–Crippen MR) is 119 cm³/mol. The molecular formula is C24H33N3O3. The molecule has 2 aromatic rings. The number of primary amides is 1. The monoisotopic (exact) mass is 411 g/mol. The highest BCUT2D eigenvalue weighted by Crippen LogP contribution is 2.23. The average molecular weight is 412 g/mol. The molecule has 0 bridgehead atoms. The molecule has 0 saturated carbocycles. The van der Waals surface area contributed by atoms with Crippen molar-refractivity contribution >= 4 is 11.8 Å². The van der Waals surface area contributed by atoms with E-state index in [-0.39, 0.29) is 11.7 Å². The van der Waals surface area contributed by atoms with Crippen LogP contribution in [0.1, 0.15) is 42.5 Å². The molecule has 0 saturated heterocycles. The van der Waals surface area contributed by atoms with Crippen LogP contribution in [0.5, 0.6) is 5.75 Å². The molecule has 6 nitrogen and oxygen atoms in total. The summed E-state index contributed by atoms with van der Waals surface area (Å²) in [5.74, 6) is -0.690. The van der Waals surface area contributed by atoms with Crippen LogP contribution >= 0.6 is 0 Å². The Morgan fingerprint density at radius 2 is 1.67 bits per heavy atom. The van der Waals surface area contributed by atoms with Gasteiger partial charge in [-0.15, -0.1) is 0 Å². The fourth-order valence-corrected chi connectivity index (χ4v) is 3.68. The van der Waals surface area contributed by atoms with Gasteiger partial charge in [0.2, 0.25) is 11.8 Å². The van der Waals surface area contributed by atoms with Gasteiger partial charge in [-0.1, -0.05) is 30.3 Å². The molecule has 162 valence electrons. The van der Waals surface area contributed by atoms with Gasteiger partial charge >= 0.3 is 0 Å². The fraction of sp³-hybridized carbons (Fsp3) is 0.417. The van der Waals surface area contributed by atoms with Crippen LogP contribution in [0.4, 0.5) is 0 Å². The zero-order valence-electron chi connectivity index (χ0n) is 18.3. The maximum atomic E-state index is 13.3. The van der Waals surface area contributed by atoms with Crippen LogP contribution in [0, 0.1) is 13.8 Å². The van der Waals surface area contributed by atoms with Gasteiger partial charge in [0, 0.05) is 6.54 Å². The van der Waals surface area contributed by atoms with Crippen LogP contribution in [0.3, 0.4) is 0 Å². The lowest BCUT2D eigenvalue weighted by molar-refractivity contribution is -0.145. The number of hydrogen-bond acceptors (Lipinski definition) is 4. The molecule has 0 aliphatic heterocycles. The van der Waals surface area contributed by atoms with Crippen molar-refractivity contribution in [2.75, 3.05) is 6.54 Å². The first-order valence-electron chi connectivity index (χ1n) is 10.2. The van der Waals surface area contributed by atoms with Gasteiger partial charge in [0.25, 0.3) is 0 Å². The molecule has 0 aliphatic carbocycles. The molecule has 0 radical (unpaired) electrons. The van der Waals surface area contributed by atoms with Crippen molar-refractivity contribution in [3.05, 3.63) is 64.7 Å². The minimum absolute atomic E-state index is 0.186. The Kier molecular flexibility index (Phi) is 7.62. The zero-order valence-corrected chi connectivity index (χ0v) is 18.3. The van der Waals surface area contributed by atoms with Crippen LogP contribution in [-0.2, 0) is 22.4 Å². The number of hydrogen-bond donors (Lipinski definition) is 3. The third-order valence-corrected chi connectivity index (χ3v) is 5.66. The number of aryl methyl sites for hydroxylation is 3. The third kappa shape index (κ3) is 5.60. The van der Waals surface area contributed by atoms with Gasteiger partial charge in [0.05, 0.1) is 6.04 Å². The summed E-state index contributed by atoms with van der Waals surface area (Å²) in [7, 11) is 0. The van der Waals surface area contributed by atoms with Crippen molar-refractivity contribution in [2.45, 2.75) is 58.5 Å². The summed E-state index contributed by atoms with van der Waals surface area (Å²) in [6, 6.07) is 12.5. The second-order valence-corrected chi connectivity index (χ2v) is 8.37. The van der Waals surface area contributed by atoms with E-state index >= 15 is 0 Å². The lowest BCUT2D eigenvalue weighted by atomic mass is 9.94. The first kappa shape index (κ1) is 23.4. The number of carbonyl (C=O) groups is 2. The SMILES string of the molecule is Cc1cc(O)cc(C)c1C[C@H](N)C(=O)N(CCCc1ccccc1)C(C)(C)C(N)=O. The maximum Gasteiger partial charge on any atom is 0.242 e. The first-order valence-corrected chi connectivity index (χ1v) is 10.2. The third-order valence-electron chi connectivity index (χ3n) is 5.66. The number of carbonyl (C=O) groups excluding carboxylic acids is 2. The normalized spacial score (nSPS) is 12.4. The van der Waals surface area contributed by atoms with Gasteiger partial charge in [-0.25, -0.2) is 0 Å². The Bertz CT molecular complexity index is 871. The number of nitrogens with zero attached hydrogens (tertiary/aromatic N) is 1. The van der Waals surface area contributed by atoms with E-state index in [4.69, 9.17) is 11.5 Å². The topological polar surface area (TPSA) is 110 Å². The number of aromatic hydroxyl groups is 1. The van der Waals surface area contributed by atoms with E-state index in [1.807, 2.05) is 44.2 Å². The summed E-state index contributed by atoms with van der Waals surface area (Å²) in [4.78, 5) is 26.9. The lowest BCUT2D eigenvalue weighted by Gasteiger charge is -2.38. The van der Waals surface area contributed by atoms with Crippen molar-refractivity contribution < 1.29 is 14.7 Å². The van der Waals surface area contributed by atoms with Crippen LogP contribution in [0.15, 0.2) is 42.5 Å². The minimum Gasteiger partial charge on any atom is -0.508 e. The molecule has 1 atom stereocenters. The fourth-order valence-electron chi connectivity index (χ4n) is 3.68. The van der Waals surface area contributed by atoms with E-state index in [1.165, 1.54) is 10.5 Å². The lowest BCUT2D eigenvalue weighted by Crippen LogP contribution is -2.60. The summed E-state index contributed by atoms with van der Waals surface area (Å²) in [5.41, 5.74) is 14.6. The number of rotatable bonds is 9. The van der Waals surface area contributed by atoms with E-state index in [0.717, 1.165) is 23.1 Å². The number of nitrogens with two attached hydrogens (primary N) is 2. The largest absolute Gasteiger partial charge is 0.508 e. The van der Waals surface area contributed by atoms with E-state index < -0.39 is 17.5 Å². The number of phenols is 1. The molecule has 0 spiro atoms. The average Bonchev–Trinajstić information content (AvgIpc) is 2.67. The second-order valence-electron chi connectivity index (χ2n) is 8.37. The van der Waals surface area contributed by atoms with E-state index in [0.29, 0.717) is 19.4 Å². The van der Waals surface area contributed by atoms with Crippen LogP contribution in [0.2, 0.25) is 0 Å². The first-order chi connectivity index (χ1) is 14.0. The Hall–Kier alpha value is -2.86. The summed E-state index contributed by atoms with van der Waals surface area (Å²) in [6.07, 6.45) is 1.79. The van der Waals surface area contributed by atoms with Crippen LogP contribution in [0.25, 0.3) is 0 Å². The second kappa shape index (κ2) is 9.76. The Labute approximate surface area is 178 Å². The molecule has 2 amide bonds. The summed E-state index contributed by atoms with van der Waals surface area (Å²) >= 11 is 0. The van der Waals surface area contributed by atoms with Gasteiger partial charge < -0.3 is 21.5 Å². The molecule has 2 rings (SSSR count). The Morgan fingerprint density at radius 1 is 1.10 bits per heavy atom. The summed E-state index contributed by atoms with van der Waals surface area (Å²) < 4.78 is 0. The zero-order chi connectivity index (χ0) is 22.5. The standard InChI is InChI=1S/C24H33N3O3/c1-16-13-19(28)14-17(2)20(16)15-21(25)22(29)27(24(3,4)23(26)30)12-8-11-18-9-6-5-7-10-18/h5-7,9-10,13-14,21,28H,8,11-12,15,25H2,1-4H3,(H2,26,30)/t21-/m0/s1. The highest BCUT2D eigenvalue weighted by Gasteiger charge is 2.37. The van der Waals surface area contributed by atoms with Crippen molar-refractivity contribution in [1.82, 2.24) is 4.90 Å². The molecule has 0 aromatic heterocycles.